The molecule has 4 heteroatoms. The molecule has 0 aliphatic carbocycles. The molecule has 2 aromatic rings. The molecule has 0 radical (unpaired) electrons. The Balaban J connectivity index is 2.21. The van der Waals surface area contributed by atoms with Gasteiger partial charge in [-0.25, -0.2) is 9.37 Å². The lowest BCUT2D eigenvalue weighted by molar-refractivity contribution is 0.619. The summed E-state index contributed by atoms with van der Waals surface area (Å²) in [4.78, 5) is 4.50. The maximum absolute atomic E-state index is 13.4. The molecule has 17 heavy (non-hydrogen) atoms. The fraction of sp³-hybridized carbons (Fsp3) is 0.308. The molecule has 2 rings (SSSR count). The van der Waals surface area contributed by atoms with Crippen molar-refractivity contribution < 1.29 is 4.39 Å². The van der Waals surface area contributed by atoms with Gasteiger partial charge in [-0.1, -0.05) is 12.1 Å². The van der Waals surface area contributed by atoms with Gasteiger partial charge in [0.15, 0.2) is 0 Å². The highest BCUT2D eigenvalue weighted by Crippen LogP contribution is 2.23. The molecular formula is C13H15FN2S. The SMILES string of the molecule is CNCCc1nc(-c2ccc(C)c(F)c2)cs1. The topological polar surface area (TPSA) is 24.9 Å². The summed E-state index contributed by atoms with van der Waals surface area (Å²) < 4.78 is 13.4. The summed E-state index contributed by atoms with van der Waals surface area (Å²) in [7, 11) is 1.92. The van der Waals surface area contributed by atoms with E-state index in [-0.39, 0.29) is 5.82 Å². The van der Waals surface area contributed by atoms with E-state index in [1.807, 2.05) is 18.5 Å². The molecule has 0 aliphatic rings. The molecule has 0 amide bonds. The van der Waals surface area contributed by atoms with Gasteiger partial charge >= 0.3 is 0 Å². The van der Waals surface area contributed by atoms with Crippen LogP contribution in [0.2, 0.25) is 0 Å². The Labute approximate surface area is 105 Å². The van der Waals surface area contributed by atoms with Crippen LogP contribution in [0.4, 0.5) is 4.39 Å². The predicted octanol–water partition coefficient (Wildman–Crippen LogP) is 3.02. The number of hydrogen-bond donors (Lipinski definition) is 1. The second-order valence-corrected chi connectivity index (χ2v) is 4.89. The molecule has 1 N–H and O–H groups in total. The Kier molecular flexibility index (Phi) is 3.86. The summed E-state index contributed by atoms with van der Waals surface area (Å²) in [6, 6.07) is 5.25. The Hall–Kier alpha value is -1.26. The molecular weight excluding hydrogens is 235 g/mol. The quantitative estimate of drug-likeness (QED) is 0.902. The van der Waals surface area contributed by atoms with Gasteiger partial charge in [0.25, 0.3) is 0 Å². The van der Waals surface area contributed by atoms with Crippen molar-refractivity contribution in [3.05, 3.63) is 40.0 Å². The Morgan fingerprint density at radius 3 is 2.94 bits per heavy atom. The zero-order valence-electron chi connectivity index (χ0n) is 9.96. The second kappa shape index (κ2) is 5.38. The van der Waals surface area contributed by atoms with Crippen LogP contribution in [0.5, 0.6) is 0 Å². The van der Waals surface area contributed by atoms with E-state index in [2.05, 4.69) is 10.3 Å². The summed E-state index contributed by atoms with van der Waals surface area (Å²) in [6.45, 7) is 2.67. The van der Waals surface area contributed by atoms with Gasteiger partial charge in [-0.2, -0.15) is 0 Å². The smallest absolute Gasteiger partial charge is 0.126 e. The van der Waals surface area contributed by atoms with E-state index in [9.17, 15) is 4.39 Å². The molecule has 0 saturated carbocycles. The largest absolute Gasteiger partial charge is 0.319 e. The molecule has 0 spiro atoms. The zero-order chi connectivity index (χ0) is 12.3. The average Bonchev–Trinajstić information content (AvgIpc) is 2.79. The first kappa shape index (κ1) is 12.2. The van der Waals surface area contributed by atoms with Crippen LogP contribution in [0.3, 0.4) is 0 Å². The predicted molar refractivity (Wildman–Crippen MR) is 69.9 cm³/mol. The summed E-state index contributed by atoms with van der Waals surface area (Å²) in [5.41, 5.74) is 2.37. The number of rotatable bonds is 4. The first-order chi connectivity index (χ1) is 8.20. The molecule has 0 aliphatic heterocycles. The lowest BCUT2D eigenvalue weighted by Crippen LogP contribution is -2.09. The fourth-order valence-corrected chi connectivity index (χ4v) is 2.35. The number of nitrogens with zero attached hydrogens (tertiary/aromatic N) is 1. The Morgan fingerprint density at radius 2 is 2.24 bits per heavy atom. The number of hydrogen-bond acceptors (Lipinski definition) is 3. The number of aryl methyl sites for hydroxylation is 1. The third-order valence-corrected chi connectivity index (χ3v) is 3.52. The summed E-state index contributed by atoms with van der Waals surface area (Å²) >= 11 is 1.62. The molecule has 0 saturated heterocycles. The van der Waals surface area contributed by atoms with Crippen LogP contribution in [0.25, 0.3) is 11.3 Å². The summed E-state index contributed by atoms with van der Waals surface area (Å²) in [5, 5.41) is 6.15. The van der Waals surface area contributed by atoms with Crippen LogP contribution >= 0.6 is 11.3 Å². The minimum Gasteiger partial charge on any atom is -0.319 e. The van der Waals surface area contributed by atoms with Gasteiger partial charge in [0, 0.05) is 23.9 Å². The Bertz CT molecular complexity index is 508. The molecule has 90 valence electrons. The number of benzene rings is 1. The molecule has 1 aromatic carbocycles. The highest BCUT2D eigenvalue weighted by atomic mass is 32.1. The van der Waals surface area contributed by atoms with Gasteiger partial charge in [-0.05, 0) is 25.6 Å². The maximum Gasteiger partial charge on any atom is 0.126 e. The van der Waals surface area contributed by atoms with E-state index in [1.165, 1.54) is 0 Å². The van der Waals surface area contributed by atoms with Crippen molar-refractivity contribution in [2.75, 3.05) is 13.6 Å². The third kappa shape index (κ3) is 2.90. The van der Waals surface area contributed by atoms with Crippen LogP contribution in [-0.2, 0) is 6.42 Å². The summed E-state index contributed by atoms with van der Waals surface area (Å²) in [6.07, 6.45) is 0.912. The number of thiazole rings is 1. The monoisotopic (exact) mass is 250 g/mol. The Morgan fingerprint density at radius 1 is 1.41 bits per heavy atom. The third-order valence-electron chi connectivity index (χ3n) is 2.61. The van der Waals surface area contributed by atoms with Crippen LogP contribution in [0.1, 0.15) is 10.6 Å². The standard InChI is InChI=1S/C13H15FN2S/c1-9-3-4-10(7-11(9)14)12-8-17-13(16-12)5-6-15-2/h3-4,7-8,15H,5-6H2,1-2H3. The van der Waals surface area contributed by atoms with Crippen molar-refractivity contribution in [1.82, 2.24) is 10.3 Å². The minimum atomic E-state index is -0.174. The molecule has 1 aromatic heterocycles. The van der Waals surface area contributed by atoms with E-state index >= 15 is 0 Å². The van der Waals surface area contributed by atoms with Crippen molar-refractivity contribution in [2.45, 2.75) is 13.3 Å². The van der Waals surface area contributed by atoms with Crippen molar-refractivity contribution >= 4 is 11.3 Å². The van der Waals surface area contributed by atoms with Gasteiger partial charge in [0.05, 0.1) is 10.7 Å². The lowest BCUT2D eigenvalue weighted by Gasteiger charge is -1.99. The van der Waals surface area contributed by atoms with E-state index in [1.54, 1.807) is 30.4 Å². The van der Waals surface area contributed by atoms with Crippen molar-refractivity contribution in [1.29, 1.82) is 0 Å². The molecule has 0 atom stereocenters. The van der Waals surface area contributed by atoms with Gasteiger partial charge in [0.2, 0.25) is 0 Å². The maximum atomic E-state index is 13.4. The highest BCUT2D eigenvalue weighted by Gasteiger charge is 2.06. The lowest BCUT2D eigenvalue weighted by atomic mass is 10.1. The van der Waals surface area contributed by atoms with Crippen molar-refractivity contribution in [3.63, 3.8) is 0 Å². The fourth-order valence-electron chi connectivity index (χ4n) is 1.54. The van der Waals surface area contributed by atoms with Crippen LogP contribution in [0.15, 0.2) is 23.6 Å². The van der Waals surface area contributed by atoms with Gasteiger partial charge < -0.3 is 5.32 Å². The van der Waals surface area contributed by atoms with Crippen molar-refractivity contribution in [3.8, 4) is 11.3 Å². The number of halogens is 1. The number of aromatic nitrogens is 1. The van der Waals surface area contributed by atoms with Gasteiger partial charge in [-0.15, -0.1) is 11.3 Å². The van der Waals surface area contributed by atoms with Crippen LogP contribution in [0, 0.1) is 12.7 Å². The minimum absolute atomic E-state index is 0.174. The average molecular weight is 250 g/mol. The van der Waals surface area contributed by atoms with E-state index in [4.69, 9.17) is 0 Å². The molecule has 1 heterocycles. The first-order valence-corrected chi connectivity index (χ1v) is 6.44. The van der Waals surface area contributed by atoms with E-state index in [0.29, 0.717) is 5.56 Å². The summed E-state index contributed by atoms with van der Waals surface area (Å²) in [5.74, 6) is -0.174. The molecule has 0 unspecified atom stereocenters. The number of nitrogens with one attached hydrogen (secondary N) is 1. The highest BCUT2D eigenvalue weighted by molar-refractivity contribution is 7.09. The van der Waals surface area contributed by atoms with Crippen LogP contribution < -0.4 is 5.32 Å². The molecule has 2 nitrogen and oxygen atoms in total. The van der Waals surface area contributed by atoms with E-state index < -0.39 is 0 Å². The van der Waals surface area contributed by atoms with Gasteiger partial charge in [0.1, 0.15) is 5.82 Å². The normalized spacial score (nSPS) is 10.8. The first-order valence-electron chi connectivity index (χ1n) is 5.56. The van der Waals surface area contributed by atoms with Gasteiger partial charge in [-0.3, -0.25) is 0 Å². The zero-order valence-corrected chi connectivity index (χ0v) is 10.8. The molecule has 0 bridgehead atoms. The van der Waals surface area contributed by atoms with Crippen molar-refractivity contribution in [2.24, 2.45) is 0 Å². The molecule has 0 fully saturated rings. The second-order valence-electron chi connectivity index (χ2n) is 3.94. The number of likely N-dealkylation sites (N-methyl/N-ethyl adjacent to an activating group) is 1. The van der Waals surface area contributed by atoms with E-state index in [0.717, 1.165) is 29.2 Å². The van der Waals surface area contributed by atoms with Crippen LogP contribution in [-0.4, -0.2) is 18.6 Å².